The molecule has 3 unspecified atom stereocenters. The fourth-order valence-electron chi connectivity index (χ4n) is 3.88. The minimum absolute atomic E-state index is 0.741. The molecule has 26 nitrogen and oxygen atoms in total. The molecule has 26 heteroatoms. The summed E-state index contributed by atoms with van der Waals surface area (Å²) in [5, 5.41) is 78.9. The van der Waals surface area contributed by atoms with Crippen LogP contribution >= 0.6 is 0 Å². The Kier molecular flexibility index (Phi) is 20.1. The molecular formula is C26H40N8O18. The smallest absolute Gasteiger partial charge is 0.305 e. The molecule has 0 saturated carbocycles. The number of carboxylic acid groups (broad SMARTS) is 4. The Morgan fingerprint density at radius 1 is 0.404 bits per heavy atom. The van der Waals surface area contributed by atoms with Gasteiger partial charge in [-0.1, -0.05) is 0 Å². The molecule has 0 aromatic heterocycles. The maximum atomic E-state index is 12.9. The monoisotopic (exact) mass is 752 g/mol. The average molecular weight is 753 g/mol. The third-order valence-electron chi connectivity index (χ3n) is 6.55. The number of hydrogen-bond acceptors (Lipinski definition) is 15. The molecule has 52 heavy (non-hydrogen) atoms. The highest BCUT2D eigenvalue weighted by atomic mass is 16.4. The quantitative estimate of drug-likeness (QED) is 0.0411. The summed E-state index contributed by atoms with van der Waals surface area (Å²) in [6, 6.07) is -13.2. The number of aliphatic hydroxyl groups excluding tert-OH is 3. The van der Waals surface area contributed by atoms with Crippen molar-refractivity contribution < 1.29 is 88.5 Å². The number of primary amides is 1. The predicted octanol–water partition coefficient (Wildman–Crippen LogP) is -9.16. The van der Waals surface area contributed by atoms with Crippen LogP contribution in [0, 0.1) is 0 Å². The van der Waals surface area contributed by atoms with E-state index in [4.69, 9.17) is 15.9 Å². The van der Waals surface area contributed by atoms with Crippen LogP contribution < -0.4 is 43.0 Å². The molecule has 0 rings (SSSR count). The number of amides is 7. The van der Waals surface area contributed by atoms with Gasteiger partial charge in [0.1, 0.15) is 36.3 Å². The molecule has 0 radical (unpaired) electrons. The van der Waals surface area contributed by atoms with Crippen LogP contribution in [-0.4, -0.2) is 170 Å². The summed E-state index contributed by atoms with van der Waals surface area (Å²) in [7, 11) is 1.22. The van der Waals surface area contributed by atoms with Crippen molar-refractivity contribution in [2.24, 2.45) is 5.73 Å². The van der Waals surface area contributed by atoms with Gasteiger partial charge in [0, 0.05) is 0 Å². The van der Waals surface area contributed by atoms with Crippen LogP contribution in [0.25, 0.3) is 0 Å². The Balaban J connectivity index is 5.90. The number of aliphatic hydroxyl groups is 3. The van der Waals surface area contributed by atoms with Crippen molar-refractivity contribution in [2.75, 3.05) is 26.9 Å². The highest BCUT2D eigenvalue weighted by Crippen LogP contribution is 2.02. The normalized spacial score (nSPS) is 14.7. The Morgan fingerprint density at radius 2 is 0.615 bits per heavy atom. The molecule has 7 amide bonds. The maximum absolute atomic E-state index is 12.9. The number of carbonyl (C=O) groups excluding carboxylic acids is 7. The second-order valence-electron chi connectivity index (χ2n) is 10.5. The van der Waals surface area contributed by atoms with Gasteiger partial charge in [-0.25, -0.2) is 0 Å². The van der Waals surface area contributed by atoms with E-state index >= 15 is 0 Å². The van der Waals surface area contributed by atoms with E-state index in [0.717, 1.165) is 0 Å². The number of hydrogen-bond donors (Lipinski definition) is 15. The topological polar surface area (TPSA) is 440 Å². The van der Waals surface area contributed by atoms with Crippen LogP contribution in [-0.2, 0) is 52.7 Å². The molecule has 0 fully saturated rings. The summed E-state index contributed by atoms with van der Waals surface area (Å²) >= 11 is 0. The minimum atomic E-state index is -2.10. The van der Waals surface area contributed by atoms with Crippen LogP contribution in [0.1, 0.15) is 25.7 Å². The molecule has 0 saturated heterocycles. The van der Waals surface area contributed by atoms with E-state index in [2.05, 4.69) is 5.32 Å². The van der Waals surface area contributed by atoms with E-state index in [0.29, 0.717) is 0 Å². The number of carboxylic acids is 4. The zero-order valence-corrected chi connectivity index (χ0v) is 27.2. The molecule has 0 aliphatic rings. The number of carbonyl (C=O) groups is 11. The van der Waals surface area contributed by atoms with E-state index < -0.39 is 153 Å². The first-order valence-electron chi connectivity index (χ1n) is 14.7. The van der Waals surface area contributed by atoms with Gasteiger partial charge in [-0.05, 0) is 7.05 Å². The van der Waals surface area contributed by atoms with Crippen LogP contribution in [0.15, 0.2) is 0 Å². The van der Waals surface area contributed by atoms with Crippen molar-refractivity contribution in [1.82, 2.24) is 37.2 Å². The predicted molar refractivity (Wildman–Crippen MR) is 164 cm³/mol. The van der Waals surface area contributed by atoms with Gasteiger partial charge in [0.15, 0.2) is 0 Å². The van der Waals surface area contributed by atoms with Crippen LogP contribution in [0.2, 0.25) is 0 Å². The largest absolute Gasteiger partial charge is 0.481 e. The lowest BCUT2D eigenvalue weighted by atomic mass is 10.1. The van der Waals surface area contributed by atoms with Crippen LogP contribution in [0.3, 0.4) is 0 Å². The summed E-state index contributed by atoms with van der Waals surface area (Å²) in [5.41, 5.74) is 5.02. The number of likely N-dealkylation sites (N-methyl/N-ethyl adjacent to an activating group) is 1. The third-order valence-corrected chi connectivity index (χ3v) is 6.55. The summed E-state index contributed by atoms with van der Waals surface area (Å²) < 4.78 is 0. The van der Waals surface area contributed by atoms with E-state index in [1.807, 2.05) is 31.9 Å². The first kappa shape index (κ1) is 46.0. The molecule has 16 N–H and O–H groups in total. The van der Waals surface area contributed by atoms with Crippen LogP contribution in [0.4, 0.5) is 0 Å². The van der Waals surface area contributed by atoms with Crippen molar-refractivity contribution in [3.8, 4) is 0 Å². The van der Waals surface area contributed by atoms with Gasteiger partial charge in [0.2, 0.25) is 41.4 Å². The Morgan fingerprint density at radius 3 is 0.865 bits per heavy atom. The minimum Gasteiger partial charge on any atom is -0.481 e. The van der Waals surface area contributed by atoms with Gasteiger partial charge in [-0.2, -0.15) is 0 Å². The molecule has 0 aliphatic carbocycles. The lowest BCUT2D eigenvalue weighted by Gasteiger charge is -2.26. The molecule has 0 aliphatic heterocycles. The Hall–Kier alpha value is -5.99. The zero-order chi connectivity index (χ0) is 40.3. The molecule has 0 bridgehead atoms. The van der Waals surface area contributed by atoms with Gasteiger partial charge < -0.3 is 78.7 Å². The third kappa shape index (κ3) is 16.6. The fraction of sp³-hybridized carbons (Fsp3) is 0.577. The molecular weight excluding hydrogens is 712 g/mol. The lowest BCUT2D eigenvalue weighted by molar-refractivity contribution is -0.142. The van der Waals surface area contributed by atoms with Gasteiger partial charge in [0.25, 0.3) is 0 Å². The lowest BCUT2D eigenvalue weighted by Crippen LogP contribution is -2.61. The first-order valence-corrected chi connectivity index (χ1v) is 14.7. The summed E-state index contributed by atoms with van der Waals surface area (Å²) in [6.07, 6.45) is -4.12. The van der Waals surface area contributed by atoms with E-state index in [1.165, 1.54) is 7.05 Å². The average Bonchev–Trinajstić information content (AvgIpc) is 3.04. The van der Waals surface area contributed by atoms with Crippen molar-refractivity contribution in [2.45, 2.75) is 68.0 Å². The van der Waals surface area contributed by atoms with Crippen molar-refractivity contribution in [3.63, 3.8) is 0 Å². The standard InChI is InChI=1S/C26H40N8O18/c1-28-10(3-17(40)41)21(47)32-14(7-36)25(51)30-12(5-19(44)45)23(49)34-15(8-37)26(52)31-11(4-18(42)43)22(48)33-13(6-35)24(50)29-9(20(27)46)2-16(38)39/h9-15,28,35-37H,2-8H2,1H3,(H2,27,46)(H,29,50)(H,30,51)(H,31,52)(H,32,47)(H,33,48)(H,34,49)(H,38,39)(H,40,41)(H,42,43)(H,44,45)/t9-,10-,11-,12-,13?,14?,15?/m0/s1. The second kappa shape index (κ2) is 22.7. The highest BCUT2D eigenvalue weighted by Gasteiger charge is 2.35. The number of aliphatic carboxylic acids is 4. The number of nitrogens with two attached hydrogens (primary N) is 1. The molecule has 0 aromatic rings. The fourth-order valence-corrected chi connectivity index (χ4v) is 3.88. The Labute approximate surface area is 291 Å². The van der Waals surface area contributed by atoms with Crippen LogP contribution in [0.5, 0.6) is 0 Å². The van der Waals surface area contributed by atoms with Crippen molar-refractivity contribution >= 4 is 65.2 Å². The van der Waals surface area contributed by atoms with Crippen molar-refractivity contribution in [1.29, 1.82) is 0 Å². The van der Waals surface area contributed by atoms with E-state index in [1.54, 1.807) is 0 Å². The summed E-state index contributed by atoms with van der Waals surface area (Å²) in [5.74, 6) is -15.8. The SMILES string of the molecule is CN[C@@H](CC(=O)O)C(=O)NC(CO)C(=O)N[C@@H](CC(=O)O)C(=O)NC(CO)C(=O)N[C@@H](CC(=O)O)C(=O)NC(CO)C(=O)N[C@@H](CC(=O)O)C(N)=O. The van der Waals surface area contributed by atoms with Crippen molar-refractivity contribution in [3.05, 3.63) is 0 Å². The molecule has 0 heterocycles. The summed E-state index contributed by atoms with van der Waals surface area (Å²) in [4.78, 5) is 132. The molecule has 0 spiro atoms. The van der Waals surface area contributed by atoms with Gasteiger partial charge in [-0.15, -0.1) is 0 Å². The zero-order valence-electron chi connectivity index (χ0n) is 27.2. The Bertz CT molecular complexity index is 1380. The van der Waals surface area contributed by atoms with E-state index in [-0.39, 0.29) is 0 Å². The number of rotatable bonds is 25. The van der Waals surface area contributed by atoms with Gasteiger partial charge in [0.05, 0.1) is 51.5 Å². The second-order valence-corrected chi connectivity index (χ2v) is 10.5. The molecule has 0 aromatic carbocycles. The molecule has 292 valence electrons. The number of nitrogens with one attached hydrogen (secondary N) is 7. The highest BCUT2D eigenvalue weighted by molar-refractivity contribution is 5.99. The first-order chi connectivity index (χ1) is 24.2. The molecule has 7 atom stereocenters. The summed E-state index contributed by atoms with van der Waals surface area (Å²) in [6.45, 7) is -3.60. The maximum Gasteiger partial charge on any atom is 0.305 e. The van der Waals surface area contributed by atoms with Gasteiger partial charge >= 0.3 is 23.9 Å². The van der Waals surface area contributed by atoms with Gasteiger partial charge in [-0.3, -0.25) is 52.7 Å². The van der Waals surface area contributed by atoms with E-state index in [9.17, 15) is 78.3 Å².